The zero-order valence-corrected chi connectivity index (χ0v) is 16.6. The number of aryl methyl sites for hydroxylation is 3. The van der Waals surface area contributed by atoms with Gasteiger partial charge in [0.15, 0.2) is 11.8 Å². The van der Waals surface area contributed by atoms with Gasteiger partial charge in [-0.2, -0.15) is 0 Å². The van der Waals surface area contributed by atoms with Gasteiger partial charge in [-0.1, -0.05) is 35.4 Å². The molecule has 0 bridgehead atoms. The highest BCUT2D eigenvalue weighted by atomic mass is 35.5. The summed E-state index contributed by atoms with van der Waals surface area (Å²) in [5, 5.41) is 3.06. The van der Waals surface area contributed by atoms with E-state index in [0.29, 0.717) is 11.3 Å². The number of rotatable bonds is 5. The lowest BCUT2D eigenvalue weighted by atomic mass is 10.1. The first kappa shape index (κ1) is 19.6. The predicted molar refractivity (Wildman–Crippen MR) is 109 cm³/mol. The number of carbonyl (C=O) groups excluding carboxylic acids is 2. The Hall–Kier alpha value is -3.12. The lowest BCUT2D eigenvalue weighted by Crippen LogP contribution is -2.21. The van der Waals surface area contributed by atoms with Crippen LogP contribution >= 0.6 is 11.6 Å². The number of nitrogens with one attached hydrogen (secondary N) is 1. The van der Waals surface area contributed by atoms with Crippen LogP contribution in [-0.4, -0.2) is 27.9 Å². The van der Waals surface area contributed by atoms with Gasteiger partial charge >= 0.3 is 5.97 Å². The average Bonchev–Trinajstić information content (AvgIpc) is 2.96. The van der Waals surface area contributed by atoms with Crippen molar-refractivity contribution in [3.05, 3.63) is 70.1 Å². The normalized spacial score (nSPS) is 11.1. The summed E-state index contributed by atoms with van der Waals surface area (Å²) < 4.78 is 6.77. The first-order chi connectivity index (χ1) is 13.3. The van der Waals surface area contributed by atoms with Crippen molar-refractivity contribution >= 4 is 40.9 Å². The van der Waals surface area contributed by atoms with E-state index in [-0.39, 0.29) is 11.8 Å². The molecule has 0 aliphatic carbocycles. The highest BCUT2D eigenvalue weighted by Crippen LogP contribution is 2.22. The molecule has 7 heteroatoms. The molecule has 1 N–H and O–H groups in total. The van der Waals surface area contributed by atoms with Crippen molar-refractivity contribution in [3.63, 3.8) is 0 Å². The molecule has 144 valence electrons. The van der Waals surface area contributed by atoms with E-state index >= 15 is 0 Å². The van der Waals surface area contributed by atoms with Crippen LogP contribution in [0.2, 0.25) is 5.15 Å². The molecule has 6 nitrogen and oxygen atoms in total. The van der Waals surface area contributed by atoms with Crippen LogP contribution in [0.3, 0.4) is 0 Å². The molecule has 2 aromatic heterocycles. The molecule has 0 unspecified atom stereocenters. The van der Waals surface area contributed by atoms with Gasteiger partial charge in [-0.3, -0.25) is 9.20 Å². The third-order valence-electron chi connectivity index (χ3n) is 4.19. The zero-order chi connectivity index (χ0) is 20.3. The van der Waals surface area contributed by atoms with E-state index in [2.05, 4.69) is 10.3 Å². The highest BCUT2D eigenvalue weighted by Gasteiger charge is 2.11. The van der Waals surface area contributed by atoms with Crippen LogP contribution in [0, 0.1) is 20.8 Å². The largest absolute Gasteiger partial charge is 0.452 e. The average molecular weight is 398 g/mol. The Morgan fingerprint density at radius 1 is 1.21 bits per heavy atom. The van der Waals surface area contributed by atoms with Gasteiger partial charge in [-0.25, -0.2) is 9.78 Å². The number of esters is 1. The summed E-state index contributed by atoms with van der Waals surface area (Å²) in [6, 6.07) is 9.45. The fourth-order valence-corrected chi connectivity index (χ4v) is 3.26. The van der Waals surface area contributed by atoms with E-state index in [4.69, 9.17) is 16.3 Å². The van der Waals surface area contributed by atoms with Crippen LogP contribution in [0.4, 0.5) is 5.69 Å². The Morgan fingerprint density at radius 2 is 1.93 bits per heavy atom. The molecule has 0 spiro atoms. The summed E-state index contributed by atoms with van der Waals surface area (Å²) in [5.41, 5.74) is 5.00. The van der Waals surface area contributed by atoms with Crippen LogP contribution in [0.15, 0.2) is 42.6 Å². The molecular weight excluding hydrogens is 378 g/mol. The minimum absolute atomic E-state index is 0.276. The van der Waals surface area contributed by atoms with Crippen molar-refractivity contribution in [1.82, 2.24) is 9.38 Å². The van der Waals surface area contributed by atoms with E-state index in [1.165, 1.54) is 12.2 Å². The minimum Gasteiger partial charge on any atom is -0.452 e. The topological polar surface area (TPSA) is 72.7 Å². The minimum atomic E-state index is -0.644. The molecule has 3 aromatic rings. The molecule has 0 saturated heterocycles. The van der Waals surface area contributed by atoms with Crippen molar-refractivity contribution in [3.8, 4) is 0 Å². The SMILES string of the molecule is Cc1cc(C)c(NC(=O)COC(=O)/C=C/c2c(Cl)nc3ccccn23)c(C)c1. The third kappa shape index (κ3) is 4.40. The summed E-state index contributed by atoms with van der Waals surface area (Å²) in [5.74, 6) is -1.04. The predicted octanol–water partition coefficient (Wildman–Crippen LogP) is 4.11. The molecule has 0 saturated carbocycles. The van der Waals surface area contributed by atoms with Gasteiger partial charge in [-0.05, 0) is 50.1 Å². The Bertz CT molecular complexity index is 1060. The lowest BCUT2D eigenvalue weighted by molar-refractivity contribution is -0.142. The monoisotopic (exact) mass is 397 g/mol. The highest BCUT2D eigenvalue weighted by molar-refractivity contribution is 6.31. The first-order valence-electron chi connectivity index (χ1n) is 8.70. The van der Waals surface area contributed by atoms with E-state index in [1.54, 1.807) is 16.7 Å². The molecule has 0 aliphatic rings. The van der Waals surface area contributed by atoms with Gasteiger partial charge in [-0.15, -0.1) is 0 Å². The number of benzene rings is 1. The standard InChI is InChI=1S/C21H20ClN3O3/c1-13-10-14(2)20(15(3)11-13)24-18(26)12-28-19(27)8-7-16-21(22)23-17-6-4-5-9-25(16)17/h4-11H,12H2,1-3H3,(H,24,26)/b8-7+. The van der Waals surface area contributed by atoms with Gasteiger partial charge in [0.2, 0.25) is 0 Å². The second-order valence-corrected chi connectivity index (χ2v) is 6.84. The van der Waals surface area contributed by atoms with Crippen LogP contribution in [0.1, 0.15) is 22.4 Å². The maximum Gasteiger partial charge on any atom is 0.331 e. The quantitative estimate of drug-likeness (QED) is 0.519. The number of halogens is 1. The molecule has 0 aliphatic heterocycles. The van der Waals surface area contributed by atoms with Crippen LogP contribution in [0.5, 0.6) is 0 Å². The van der Waals surface area contributed by atoms with Gasteiger partial charge in [0, 0.05) is 18.0 Å². The number of aromatic nitrogens is 2. The lowest BCUT2D eigenvalue weighted by Gasteiger charge is -2.12. The van der Waals surface area contributed by atoms with Crippen molar-refractivity contribution < 1.29 is 14.3 Å². The van der Waals surface area contributed by atoms with Crippen molar-refractivity contribution in [2.45, 2.75) is 20.8 Å². The fraction of sp³-hybridized carbons (Fsp3) is 0.190. The molecule has 3 rings (SSSR count). The summed E-state index contributed by atoms with van der Waals surface area (Å²) in [6.07, 6.45) is 4.52. The summed E-state index contributed by atoms with van der Waals surface area (Å²) in [7, 11) is 0. The van der Waals surface area contributed by atoms with Crippen molar-refractivity contribution in [1.29, 1.82) is 0 Å². The second kappa shape index (κ2) is 8.27. The molecule has 0 fully saturated rings. The van der Waals surface area contributed by atoms with Crippen molar-refractivity contribution in [2.75, 3.05) is 11.9 Å². The fourth-order valence-electron chi connectivity index (χ4n) is 3.02. The van der Waals surface area contributed by atoms with E-state index in [0.717, 1.165) is 22.4 Å². The maximum absolute atomic E-state index is 12.1. The smallest absolute Gasteiger partial charge is 0.331 e. The van der Waals surface area contributed by atoms with Gasteiger partial charge in [0.05, 0.1) is 5.69 Å². The number of anilines is 1. The summed E-state index contributed by atoms with van der Waals surface area (Å²) in [6.45, 7) is 5.46. The molecule has 1 amide bonds. The Morgan fingerprint density at radius 3 is 2.64 bits per heavy atom. The molecule has 0 atom stereocenters. The van der Waals surface area contributed by atoms with Crippen LogP contribution < -0.4 is 5.32 Å². The zero-order valence-electron chi connectivity index (χ0n) is 15.8. The third-order valence-corrected chi connectivity index (χ3v) is 4.46. The molecule has 0 radical (unpaired) electrons. The van der Waals surface area contributed by atoms with E-state index in [9.17, 15) is 9.59 Å². The number of imidazole rings is 1. The van der Waals surface area contributed by atoms with Crippen LogP contribution in [-0.2, 0) is 14.3 Å². The van der Waals surface area contributed by atoms with Gasteiger partial charge in [0.1, 0.15) is 5.65 Å². The summed E-state index contributed by atoms with van der Waals surface area (Å²) in [4.78, 5) is 28.3. The number of nitrogens with zero attached hydrogens (tertiary/aromatic N) is 2. The van der Waals surface area contributed by atoms with E-state index < -0.39 is 11.9 Å². The van der Waals surface area contributed by atoms with Gasteiger partial charge in [0.25, 0.3) is 5.91 Å². The number of fused-ring (bicyclic) bond motifs is 1. The summed E-state index contributed by atoms with van der Waals surface area (Å²) >= 11 is 6.11. The molecule has 2 heterocycles. The number of pyridine rings is 1. The first-order valence-corrected chi connectivity index (χ1v) is 9.08. The van der Waals surface area contributed by atoms with Crippen LogP contribution in [0.25, 0.3) is 11.7 Å². The van der Waals surface area contributed by atoms with Gasteiger partial charge < -0.3 is 10.1 Å². The molecule has 28 heavy (non-hydrogen) atoms. The second-order valence-electron chi connectivity index (χ2n) is 6.48. The number of hydrogen-bond acceptors (Lipinski definition) is 4. The number of carbonyl (C=O) groups is 2. The Kier molecular flexibility index (Phi) is 5.80. The molecular formula is C21H20ClN3O3. The van der Waals surface area contributed by atoms with E-state index in [1.807, 2.05) is 45.0 Å². The molecule has 1 aromatic carbocycles. The Balaban J connectivity index is 1.60. The van der Waals surface area contributed by atoms with Crippen molar-refractivity contribution in [2.24, 2.45) is 0 Å². The Labute approximate surface area is 167 Å². The number of amides is 1. The number of ether oxygens (including phenoxy) is 1. The number of hydrogen-bond donors (Lipinski definition) is 1. The maximum atomic E-state index is 12.1.